The van der Waals surface area contributed by atoms with Gasteiger partial charge in [0.1, 0.15) is 5.37 Å². The van der Waals surface area contributed by atoms with Gasteiger partial charge in [-0.05, 0) is 32.6 Å². The third-order valence-electron chi connectivity index (χ3n) is 4.01. The van der Waals surface area contributed by atoms with Gasteiger partial charge >= 0.3 is 0 Å². The molecular weight excluding hydrogens is 250 g/mol. The molecule has 2 atom stereocenters. The van der Waals surface area contributed by atoms with Crippen molar-refractivity contribution in [3.8, 4) is 0 Å². The molecule has 1 rings (SSSR count). The van der Waals surface area contributed by atoms with E-state index in [0.29, 0.717) is 12.3 Å². The molecule has 0 amide bonds. The molecule has 1 saturated carbocycles. The molecule has 18 heavy (non-hydrogen) atoms. The number of rotatable bonds is 6. The Kier molecular flexibility index (Phi) is 6.08. The van der Waals surface area contributed by atoms with Crippen LogP contribution < -0.4 is 5.73 Å². The molecule has 1 aliphatic rings. The second-order valence-corrected chi connectivity index (χ2v) is 8.42. The van der Waals surface area contributed by atoms with Gasteiger partial charge < -0.3 is 10.8 Å². The van der Waals surface area contributed by atoms with Crippen molar-refractivity contribution in [2.75, 3.05) is 0 Å². The van der Waals surface area contributed by atoms with Gasteiger partial charge in [-0.2, -0.15) is 0 Å². The van der Waals surface area contributed by atoms with Crippen molar-refractivity contribution in [1.82, 2.24) is 0 Å². The molecule has 2 unspecified atom stereocenters. The highest BCUT2D eigenvalue weighted by molar-refractivity contribution is 7.92. The van der Waals surface area contributed by atoms with Crippen LogP contribution in [0.15, 0.2) is 0 Å². The van der Waals surface area contributed by atoms with Crippen molar-refractivity contribution in [1.29, 1.82) is 0 Å². The van der Waals surface area contributed by atoms with E-state index in [4.69, 9.17) is 5.73 Å². The minimum atomic E-state index is -3.40. The first-order chi connectivity index (χ1) is 8.35. The Labute approximate surface area is 111 Å². The molecule has 0 saturated heterocycles. The minimum Gasteiger partial charge on any atom is -0.390 e. The molecule has 0 heterocycles. The van der Waals surface area contributed by atoms with Gasteiger partial charge in [-0.25, -0.2) is 8.42 Å². The van der Waals surface area contributed by atoms with Crippen molar-refractivity contribution < 1.29 is 13.5 Å². The molecule has 0 radical (unpaired) electrons. The van der Waals surface area contributed by atoms with Gasteiger partial charge in [-0.1, -0.05) is 32.1 Å². The summed E-state index contributed by atoms with van der Waals surface area (Å²) in [5.41, 5.74) is 5.67. The van der Waals surface area contributed by atoms with E-state index in [2.05, 4.69) is 0 Å². The predicted molar refractivity (Wildman–Crippen MR) is 73.8 cm³/mol. The summed E-state index contributed by atoms with van der Waals surface area (Å²) in [6.07, 6.45) is 6.70. The fourth-order valence-corrected chi connectivity index (χ4v) is 3.78. The van der Waals surface area contributed by atoms with Gasteiger partial charge in [0.15, 0.2) is 9.84 Å². The standard InChI is InChI=1S/C13H27NO3S/c1-10(2)18(16,17)13(14)12(15)9-8-11-6-4-3-5-7-11/h10-13,15H,3-9,14H2,1-2H3. The molecule has 1 aliphatic carbocycles. The van der Waals surface area contributed by atoms with Crippen molar-refractivity contribution >= 4 is 9.84 Å². The first kappa shape index (κ1) is 15.9. The first-order valence-corrected chi connectivity index (χ1v) is 8.63. The van der Waals surface area contributed by atoms with E-state index in [1.165, 1.54) is 32.1 Å². The Bertz CT molecular complexity index is 334. The Morgan fingerprint density at radius 3 is 2.28 bits per heavy atom. The van der Waals surface area contributed by atoms with Crippen LogP contribution in [-0.4, -0.2) is 30.3 Å². The Morgan fingerprint density at radius 1 is 1.22 bits per heavy atom. The molecule has 108 valence electrons. The highest BCUT2D eigenvalue weighted by Gasteiger charge is 2.31. The molecule has 5 heteroatoms. The molecule has 0 spiro atoms. The van der Waals surface area contributed by atoms with E-state index in [0.717, 1.165) is 6.42 Å². The number of sulfone groups is 1. The summed E-state index contributed by atoms with van der Waals surface area (Å²) in [6, 6.07) is 0. The summed E-state index contributed by atoms with van der Waals surface area (Å²) in [4.78, 5) is 0. The van der Waals surface area contributed by atoms with Crippen molar-refractivity contribution in [2.24, 2.45) is 11.7 Å². The third-order valence-corrected chi connectivity index (χ3v) is 6.40. The average molecular weight is 277 g/mol. The average Bonchev–Trinajstić information content (AvgIpc) is 2.36. The molecule has 1 fully saturated rings. The zero-order valence-electron chi connectivity index (χ0n) is 11.5. The van der Waals surface area contributed by atoms with Crippen molar-refractivity contribution in [3.05, 3.63) is 0 Å². The maximum atomic E-state index is 11.8. The van der Waals surface area contributed by atoms with Gasteiger partial charge in [-0.15, -0.1) is 0 Å². The van der Waals surface area contributed by atoms with E-state index in [1.54, 1.807) is 13.8 Å². The van der Waals surface area contributed by atoms with Crippen LogP contribution >= 0.6 is 0 Å². The lowest BCUT2D eigenvalue weighted by Crippen LogP contribution is -2.45. The molecule has 0 bridgehead atoms. The zero-order valence-corrected chi connectivity index (χ0v) is 12.3. The van der Waals surface area contributed by atoms with Crippen LogP contribution in [0.3, 0.4) is 0 Å². The quantitative estimate of drug-likeness (QED) is 0.776. The van der Waals surface area contributed by atoms with Gasteiger partial charge in [0, 0.05) is 0 Å². The van der Waals surface area contributed by atoms with Crippen LogP contribution in [0.2, 0.25) is 0 Å². The fourth-order valence-electron chi connectivity index (χ4n) is 2.58. The lowest BCUT2D eigenvalue weighted by Gasteiger charge is -2.25. The molecular formula is C13H27NO3S. The maximum absolute atomic E-state index is 11.8. The largest absolute Gasteiger partial charge is 0.390 e. The van der Waals surface area contributed by atoms with E-state index in [1.807, 2.05) is 0 Å². The van der Waals surface area contributed by atoms with Gasteiger partial charge in [0.2, 0.25) is 0 Å². The smallest absolute Gasteiger partial charge is 0.170 e. The molecule has 3 N–H and O–H groups in total. The number of hydrogen-bond acceptors (Lipinski definition) is 4. The molecule has 0 aromatic carbocycles. The summed E-state index contributed by atoms with van der Waals surface area (Å²) in [5, 5.41) is 8.26. The van der Waals surface area contributed by atoms with E-state index in [9.17, 15) is 13.5 Å². The van der Waals surface area contributed by atoms with Crippen LogP contribution in [0.5, 0.6) is 0 Å². The van der Waals surface area contributed by atoms with E-state index >= 15 is 0 Å². The molecule has 0 aromatic rings. The molecule has 0 aliphatic heterocycles. The second kappa shape index (κ2) is 6.87. The predicted octanol–water partition coefficient (Wildman–Crippen LogP) is 1.82. The Morgan fingerprint density at radius 2 is 1.78 bits per heavy atom. The summed E-state index contributed by atoms with van der Waals surface area (Å²) in [7, 11) is -3.40. The monoisotopic (exact) mass is 277 g/mol. The number of aliphatic hydroxyl groups excluding tert-OH is 1. The van der Waals surface area contributed by atoms with Crippen molar-refractivity contribution in [3.63, 3.8) is 0 Å². The number of hydrogen-bond donors (Lipinski definition) is 2. The van der Waals surface area contributed by atoms with Crippen LogP contribution in [-0.2, 0) is 9.84 Å². The lowest BCUT2D eigenvalue weighted by atomic mass is 9.85. The summed E-state index contributed by atoms with van der Waals surface area (Å²) < 4.78 is 23.7. The highest BCUT2D eigenvalue weighted by Crippen LogP contribution is 2.28. The Balaban J connectivity index is 2.42. The fraction of sp³-hybridized carbons (Fsp3) is 1.00. The van der Waals surface area contributed by atoms with Gasteiger partial charge in [0.25, 0.3) is 0 Å². The summed E-state index contributed by atoms with van der Waals surface area (Å²) in [5.74, 6) is 0.641. The zero-order chi connectivity index (χ0) is 13.8. The minimum absolute atomic E-state index is 0.498. The SMILES string of the molecule is CC(C)S(=O)(=O)C(N)C(O)CCC1CCCCC1. The maximum Gasteiger partial charge on any atom is 0.170 e. The summed E-state index contributed by atoms with van der Waals surface area (Å²) in [6.45, 7) is 3.20. The number of aliphatic hydroxyl groups is 1. The van der Waals surface area contributed by atoms with E-state index < -0.39 is 26.6 Å². The molecule has 0 aromatic heterocycles. The Hall–Kier alpha value is -0.130. The van der Waals surface area contributed by atoms with Crippen molar-refractivity contribution in [2.45, 2.75) is 75.5 Å². The third kappa shape index (κ3) is 4.21. The topological polar surface area (TPSA) is 80.4 Å². The van der Waals surface area contributed by atoms with Crippen LogP contribution in [0.25, 0.3) is 0 Å². The van der Waals surface area contributed by atoms with E-state index in [-0.39, 0.29) is 0 Å². The number of nitrogens with two attached hydrogens (primary N) is 1. The first-order valence-electron chi connectivity index (χ1n) is 7.02. The van der Waals surface area contributed by atoms with Crippen LogP contribution in [0.1, 0.15) is 58.8 Å². The highest BCUT2D eigenvalue weighted by atomic mass is 32.2. The van der Waals surface area contributed by atoms with Crippen LogP contribution in [0.4, 0.5) is 0 Å². The van der Waals surface area contributed by atoms with Crippen LogP contribution in [0, 0.1) is 5.92 Å². The second-order valence-electron chi connectivity index (χ2n) is 5.75. The van der Waals surface area contributed by atoms with Gasteiger partial charge in [0.05, 0.1) is 11.4 Å². The lowest BCUT2D eigenvalue weighted by molar-refractivity contribution is 0.144. The van der Waals surface area contributed by atoms with Gasteiger partial charge in [-0.3, -0.25) is 0 Å². The molecule has 4 nitrogen and oxygen atoms in total. The normalized spacial score (nSPS) is 22.1. The summed E-state index contributed by atoms with van der Waals surface area (Å²) >= 11 is 0.